The van der Waals surface area contributed by atoms with E-state index in [9.17, 15) is 9.59 Å². The Morgan fingerprint density at radius 2 is 1.68 bits per heavy atom. The maximum absolute atomic E-state index is 13.1. The normalized spacial score (nSPS) is 14.6. The van der Waals surface area contributed by atoms with Crippen LogP contribution in [0.2, 0.25) is 0 Å². The first kappa shape index (κ1) is 25.0. The summed E-state index contributed by atoms with van der Waals surface area (Å²) in [5.74, 6) is 0.595. The van der Waals surface area contributed by atoms with Gasteiger partial charge in [0.1, 0.15) is 5.56 Å². The van der Waals surface area contributed by atoms with Gasteiger partial charge in [0.25, 0.3) is 11.5 Å². The number of nitrogens with one attached hydrogen (secondary N) is 1. The van der Waals surface area contributed by atoms with Gasteiger partial charge in [-0.15, -0.1) is 0 Å². The van der Waals surface area contributed by atoms with Gasteiger partial charge in [-0.05, 0) is 93.0 Å². The number of aromatic amines is 1. The highest BCUT2D eigenvalue weighted by atomic mass is 16.2. The summed E-state index contributed by atoms with van der Waals surface area (Å²) in [5, 5.41) is 1.27. The van der Waals surface area contributed by atoms with Gasteiger partial charge in [0.15, 0.2) is 0 Å². The molecule has 0 spiro atoms. The highest BCUT2D eigenvalue weighted by molar-refractivity contribution is 5.94. The Hall–Kier alpha value is -3.67. The van der Waals surface area contributed by atoms with Crippen molar-refractivity contribution < 1.29 is 4.79 Å². The minimum atomic E-state index is -0.221. The number of likely N-dealkylation sites (tertiary alicyclic amines) is 1. The standard InChI is InChI=1S/C31H36N4O2/c1-18(2)28-26-17-23(8-10-27(26)33-29(28)24-15-19(3)32-20(4)16-24)22-11-13-35(14-12-22)31(37)25-9-7-21(5)34(6)30(25)36/h7-10,15-18,22,33H,11-14H2,1-6H3. The number of H-pyrrole nitrogens is 1. The minimum Gasteiger partial charge on any atom is -0.354 e. The molecule has 1 aliphatic rings. The van der Waals surface area contributed by atoms with E-state index in [1.165, 1.54) is 27.8 Å². The molecule has 3 aromatic heterocycles. The van der Waals surface area contributed by atoms with E-state index >= 15 is 0 Å². The van der Waals surface area contributed by atoms with Crippen molar-refractivity contribution >= 4 is 16.8 Å². The quantitative estimate of drug-likeness (QED) is 0.377. The number of piperidine rings is 1. The molecule has 6 heteroatoms. The molecule has 0 bridgehead atoms. The highest BCUT2D eigenvalue weighted by Gasteiger charge is 2.27. The van der Waals surface area contributed by atoms with E-state index in [-0.39, 0.29) is 17.0 Å². The summed E-state index contributed by atoms with van der Waals surface area (Å²) in [6.45, 7) is 11.8. The Morgan fingerprint density at radius 1 is 1.00 bits per heavy atom. The monoisotopic (exact) mass is 496 g/mol. The second kappa shape index (κ2) is 9.66. The summed E-state index contributed by atoms with van der Waals surface area (Å²) in [4.78, 5) is 35.8. The fourth-order valence-electron chi connectivity index (χ4n) is 5.77. The molecule has 1 aromatic carbocycles. The van der Waals surface area contributed by atoms with Gasteiger partial charge in [-0.2, -0.15) is 0 Å². The average molecular weight is 497 g/mol. The molecule has 192 valence electrons. The zero-order chi connectivity index (χ0) is 26.4. The molecule has 1 N–H and O–H groups in total. The summed E-state index contributed by atoms with van der Waals surface area (Å²) < 4.78 is 1.54. The Bertz CT molecular complexity index is 1530. The predicted molar refractivity (Wildman–Crippen MR) is 149 cm³/mol. The predicted octanol–water partition coefficient (Wildman–Crippen LogP) is 6.00. The van der Waals surface area contributed by atoms with Crippen LogP contribution in [-0.2, 0) is 7.05 Å². The Kier molecular flexibility index (Phi) is 6.52. The van der Waals surface area contributed by atoms with Crippen LogP contribution in [0.25, 0.3) is 22.2 Å². The zero-order valence-electron chi connectivity index (χ0n) is 22.7. The first-order chi connectivity index (χ1) is 17.6. The van der Waals surface area contributed by atoms with Crippen molar-refractivity contribution in [2.75, 3.05) is 13.1 Å². The number of aryl methyl sites for hydroxylation is 3. The number of rotatable bonds is 4. The molecule has 1 saturated heterocycles. The van der Waals surface area contributed by atoms with Crippen LogP contribution in [0, 0.1) is 20.8 Å². The first-order valence-corrected chi connectivity index (χ1v) is 13.2. The van der Waals surface area contributed by atoms with Gasteiger partial charge in [0.2, 0.25) is 0 Å². The highest BCUT2D eigenvalue weighted by Crippen LogP contribution is 2.38. The molecule has 5 rings (SSSR count). The molecule has 4 aromatic rings. The average Bonchev–Trinajstić information content (AvgIpc) is 3.26. The molecule has 6 nitrogen and oxygen atoms in total. The number of amides is 1. The lowest BCUT2D eigenvalue weighted by Crippen LogP contribution is -2.41. The van der Waals surface area contributed by atoms with E-state index in [0.29, 0.717) is 24.9 Å². The van der Waals surface area contributed by atoms with Crippen LogP contribution in [0.5, 0.6) is 0 Å². The summed E-state index contributed by atoms with van der Waals surface area (Å²) in [6.07, 6.45) is 1.78. The van der Waals surface area contributed by atoms with Gasteiger partial charge in [-0.25, -0.2) is 0 Å². The fourth-order valence-corrected chi connectivity index (χ4v) is 5.77. The van der Waals surface area contributed by atoms with Crippen LogP contribution in [0.1, 0.15) is 77.1 Å². The summed E-state index contributed by atoms with van der Waals surface area (Å²) in [6, 6.07) is 14.6. The number of carbonyl (C=O) groups excluding carboxylic acids is 1. The van der Waals surface area contributed by atoms with E-state index in [2.05, 4.69) is 54.1 Å². The summed E-state index contributed by atoms with van der Waals surface area (Å²) >= 11 is 0. The van der Waals surface area contributed by atoms with Gasteiger partial charge in [0.05, 0.1) is 5.69 Å². The molecule has 4 heterocycles. The molecular formula is C31H36N4O2. The molecule has 0 saturated carbocycles. The number of hydrogen-bond donors (Lipinski definition) is 1. The van der Waals surface area contributed by atoms with Gasteiger partial charge in [-0.1, -0.05) is 19.9 Å². The number of fused-ring (bicyclic) bond motifs is 1. The topological polar surface area (TPSA) is 71.0 Å². The van der Waals surface area contributed by atoms with Crippen molar-refractivity contribution in [1.82, 2.24) is 19.4 Å². The first-order valence-electron chi connectivity index (χ1n) is 13.2. The van der Waals surface area contributed by atoms with E-state index in [1.54, 1.807) is 17.7 Å². The lowest BCUT2D eigenvalue weighted by Gasteiger charge is -2.32. The lowest BCUT2D eigenvalue weighted by molar-refractivity contribution is 0.0710. The molecule has 0 aliphatic carbocycles. The third kappa shape index (κ3) is 4.61. The molecule has 0 radical (unpaired) electrons. The smallest absolute Gasteiger partial charge is 0.263 e. The Morgan fingerprint density at radius 3 is 2.32 bits per heavy atom. The Labute approximate surface area is 218 Å². The maximum Gasteiger partial charge on any atom is 0.263 e. The fraction of sp³-hybridized carbons (Fsp3) is 0.387. The van der Waals surface area contributed by atoms with Gasteiger partial charge in [-0.3, -0.25) is 14.6 Å². The third-order valence-corrected chi connectivity index (χ3v) is 7.85. The maximum atomic E-state index is 13.1. The van der Waals surface area contributed by atoms with Crippen molar-refractivity contribution in [2.24, 2.45) is 7.05 Å². The second-order valence-electron chi connectivity index (χ2n) is 10.8. The van der Waals surface area contributed by atoms with Crippen LogP contribution in [0.3, 0.4) is 0 Å². The van der Waals surface area contributed by atoms with Crippen LogP contribution in [0.4, 0.5) is 0 Å². The molecular weight excluding hydrogens is 460 g/mol. The van der Waals surface area contributed by atoms with Crippen LogP contribution in [-0.4, -0.2) is 38.4 Å². The molecule has 37 heavy (non-hydrogen) atoms. The molecule has 1 amide bonds. The molecule has 0 atom stereocenters. The third-order valence-electron chi connectivity index (χ3n) is 7.85. The van der Waals surface area contributed by atoms with Crippen molar-refractivity contribution in [3.05, 3.63) is 86.6 Å². The number of carbonyl (C=O) groups is 1. The van der Waals surface area contributed by atoms with Crippen molar-refractivity contribution in [3.63, 3.8) is 0 Å². The van der Waals surface area contributed by atoms with Crippen molar-refractivity contribution in [1.29, 1.82) is 0 Å². The van der Waals surface area contributed by atoms with E-state index < -0.39 is 0 Å². The number of nitrogens with zero attached hydrogens (tertiary/aromatic N) is 3. The Balaban J connectivity index is 1.41. The summed E-state index contributed by atoms with van der Waals surface area (Å²) in [5.41, 5.74) is 9.10. The number of benzene rings is 1. The zero-order valence-corrected chi connectivity index (χ0v) is 22.7. The van der Waals surface area contributed by atoms with Crippen LogP contribution in [0.15, 0.2) is 47.3 Å². The second-order valence-corrected chi connectivity index (χ2v) is 10.8. The van der Waals surface area contributed by atoms with E-state index in [1.807, 2.05) is 31.7 Å². The SMILES string of the molecule is Cc1cc(-c2[nH]c3ccc(C4CCN(C(=O)c5ccc(C)n(C)c5=O)CC4)cc3c2C(C)C)cc(C)n1. The lowest BCUT2D eigenvalue weighted by atomic mass is 9.87. The van der Waals surface area contributed by atoms with Gasteiger partial charge >= 0.3 is 0 Å². The molecule has 1 aliphatic heterocycles. The van der Waals surface area contributed by atoms with Crippen molar-refractivity contribution in [2.45, 2.75) is 59.3 Å². The minimum absolute atomic E-state index is 0.158. The summed E-state index contributed by atoms with van der Waals surface area (Å²) in [7, 11) is 1.71. The van der Waals surface area contributed by atoms with E-state index in [0.717, 1.165) is 35.4 Å². The van der Waals surface area contributed by atoms with Crippen LogP contribution < -0.4 is 5.56 Å². The number of aromatic nitrogens is 3. The van der Waals surface area contributed by atoms with E-state index in [4.69, 9.17) is 0 Å². The number of hydrogen-bond acceptors (Lipinski definition) is 3. The van der Waals surface area contributed by atoms with Gasteiger partial charge < -0.3 is 14.5 Å². The molecule has 1 fully saturated rings. The van der Waals surface area contributed by atoms with Crippen LogP contribution >= 0.6 is 0 Å². The largest absolute Gasteiger partial charge is 0.354 e. The van der Waals surface area contributed by atoms with Crippen molar-refractivity contribution in [3.8, 4) is 11.3 Å². The molecule has 0 unspecified atom stereocenters. The number of pyridine rings is 2. The van der Waals surface area contributed by atoms with Gasteiger partial charge in [0, 0.05) is 53.7 Å².